The smallest absolute Gasteiger partial charge is 0.316 e. The van der Waals surface area contributed by atoms with Crippen LogP contribution in [-0.4, -0.2) is 27.2 Å². The number of carbonyl (C=O) groups is 2. The van der Waals surface area contributed by atoms with Crippen molar-refractivity contribution < 1.29 is 14.7 Å². The summed E-state index contributed by atoms with van der Waals surface area (Å²) in [5, 5.41) is 12.2. The van der Waals surface area contributed by atoms with E-state index in [1.807, 2.05) is 6.92 Å². The molecular weight excluding hydrogens is 320 g/mol. The Labute approximate surface area is 136 Å². The maximum absolute atomic E-state index is 12.3. The van der Waals surface area contributed by atoms with Gasteiger partial charge in [-0.25, -0.2) is 4.98 Å². The Kier molecular flexibility index (Phi) is 5.57. The van der Waals surface area contributed by atoms with Crippen LogP contribution in [0.5, 0.6) is 0 Å². The number of thioether (sulfide) groups is 1. The molecule has 2 rings (SSSR count). The van der Waals surface area contributed by atoms with Gasteiger partial charge in [0.1, 0.15) is 5.25 Å². The number of hydrogen-bond acceptors (Lipinski definition) is 5. The predicted octanol–water partition coefficient (Wildman–Crippen LogP) is 2.95. The average molecular weight is 336 g/mol. The van der Waals surface area contributed by atoms with Gasteiger partial charge in [0.25, 0.3) is 5.91 Å². The average Bonchev–Trinajstić information content (AvgIpc) is 2.91. The van der Waals surface area contributed by atoms with Crippen LogP contribution in [0.3, 0.4) is 0 Å². The number of rotatable bonds is 6. The molecule has 1 aromatic heterocycles. The van der Waals surface area contributed by atoms with Crippen LogP contribution < -0.4 is 5.32 Å². The van der Waals surface area contributed by atoms with E-state index in [-0.39, 0.29) is 5.91 Å². The molecule has 7 heteroatoms. The normalized spacial score (nSPS) is 11.9. The highest BCUT2D eigenvalue weighted by Crippen LogP contribution is 2.27. The predicted molar refractivity (Wildman–Crippen MR) is 87.4 cm³/mol. The zero-order valence-corrected chi connectivity index (χ0v) is 13.8. The molecule has 0 aliphatic carbocycles. The van der Waals surface area contributed by atoms with Crippen molar-refractivity contribution in [3.63, 3.8) is 0 Å². The molecule has 0 radical (unpaired) electrons. The molecule has 1 unspecified atom stereocenters. The maximum atomic E-state index is 12.3. The first kappa shape index (κ1) is 16.5. The van der Waals surface area contributed by atoms with E-state index in [4.69, 9.17) is 5.11 Å². The van der Waals surface area contributed by atoms with Crippen LogP contribution in [0.25, 0.3) is 0 Å². The standard InChI is InChI=1S/C15H16N2O3S2/c1-9(15(19)20)21-13-6-4-3-5-12(13)14(18)17-8-11-7-16-10(2)22-11/h3-7,9H,8H2,1-2H3,(H,17,18)(H,19,20). The van der Waals surface area contributed by atoms with E-state index < -0.39 is 11.2 Å². The zero-order chi connectivity index (χ0) is 16.1. The van der Waals surface area contributed by atoms with Gasteiger partial charge in [0.2, 0.25) is 0 Å². The molecule has 116 valence electrons. The molecule has 0 fully saturated rings. The van der Waals surface area contributed by atoms with Gasteiger partial charge in [0, 0.05) is 16.0 Å². The summed E-state index contributed by atoms with van der Waals surface area (Å²) >= 11 is 2.70. The van der Waals surface area contributed by atoms with E-state index in [0.717, 1.165) is 21.6 Å². The highest BCUT2D eigenvalue weighted by atomic mass is 32.2. The summed E-state index contributed by atoms with van der Waals surface area (Å²) in [5.41, 5.74) is 0.488. The third-order valence-electron chi connectivity index (χ3n) is 2.88. The first-order valence-electron chi connectivity index (χ1n) is 6.65. The van der Waals surface area contributed by atoms with Crippen molar-refractivity contribution in [2.75, 3.05) is 0 Å². The van der Waals surface area contributed by atoms with E-state index in [2.05, 4.69) is 10.3 Å². The van der Waals surface area contributed by atoms with E-state index >= 15 is 0 Å². The number of thiazole rings is 1. The van der Waals surface area contributed by atoms with Gasteiger partial charge >= 0.3 is 5.97 Å². The molecule has 2 aromatic rings. The Hall–Kier alpha value is -1.86. The molecule has 1 aromatic carbocycles. The van der Waals surface area contributed by atoms with Gasteiger partial charge in [-0.3, -0.25) is 9.59 Å². The summed E-state index contributed by atoms with van der Waals surface area (Å²) in [5.74, 6) is -1.12. The lowest BCUT2D eigenvalue weighted by Crippen LogP contribution is -2.23. The highest BCUT2D eigenvalue weighted by molar-refractivity contribution is 8.00. The van der Waals surface area contributed by atoms with Crippen molar-refractivity contribution in [3.8, 4) is 0 Å². The molecule has 1 heterocycles. The number of carboxylic acids is 1. The first-order chi connectivity index (χ1) is 10.5. The fraction of sp³-hybridized carbons (Fsp3) is 0.267. The van der Waals surface area contributed by atoms with Gasteiger partial charge < -0.3 is 10.4 Å². The number of aryl methyl sites for hydroxylation is 1. The van der Waals surface area contributed by atoms with Crippen LogP contribution in [0.2, 0.25) is 0 Å². The van der Waals surface area contributed by atoms with Crippen molar-refractivity contribution in [1.82, 2.24) is 10.3 Å². The SMILES string of the molecule is Cc1ncc(CNC(=O)c2ccccc2SC(C)C(=O)O)s1. The molecule has 0 spiro atoms. The summed E-state index contributed by atoms with van der Waals surface area (Å²) in [7, 11) is 0. The second-order valence-corrected chi connectivity index (χ2v) is 7.32. The zero-order valence-electron chi connectivity index (χ0n) is 12.2. The summed E-state index contributed by atoms with van der Waals surface area (Å²) in [6, 6.07) is 7.02. The number of nitrogens with zero attached hydrogens (tertiary/aromatic N) is 1. The third kappa shape index (κ3) is 4.32. The molecule has 0 saturated carbocycles. The van der Waals surface area contributed by atoms with Crippen molar-refractivity contribution in [3.05, 3.63) is 45.9 Å². The number of carbonyl (C=O) groups excluding carboxylic acids is 1. The van der Waals surface area contributed by atoms with E-state index in [9.17, 15) is 9.59 Å². The lowest BCUT2D eigenvalue weighted by molar-refractivity contribution is -0.136. The van der Waals surface area contributed by atoms with Gasteiger partial charge in [-0.15, -0.1) is 23.1 Å². The van der Waals surface area contributed by atoms with Crippen LogP contribution in [0.15, 0.2) is 35.4 Å². The number of nitrogens with one attached hydrogen (secondary N) is 1. The molecule has 0 aliphatic heterocycles. The Morgan fingerprint density at radius 3 is 2.77 bits per heavy atom. The van der Waals surface area contributed by atoms with E-state index in [0.29, 0.717) is 17.0 Å². The van der Waals surface area contributed by atoms with Gasteiger partial charge in [0.05, 0.1) is 17.1 Å². The van der Waals surface area contributed by atoms with Crippen LogP contribution >= 0.6 is 23.1 Å². The van der Waals surface area contributed by atoms with Gasteiger partial charge in [-0.2, -0.15) is 0 Å². The molecular formula is C15H16N2O3S2. The molecule has 22 heavy (non-hydrogen) atoms. The van der Waals surface area contributed by atoms with Gasteiger partial charge in [-0.1, -0.05) is 12.1 Å². The summed E-state index contributed by atoms with van der Waals surface area (Å²) in [4.78, 5) is 29.1. The molecule has 2 N–H and O–H groups in total. The number of hydrogen-bond donors (Lipinski definition) is 2. The number of carboxylic acid groups (broad SMARTS) is 1. The van der Waals surface area contributed by atoms with E-state index in [1.54, 1.807) is 37.4 Å². The number of aromatic nitrogens is 1. The highest BCUT2D eigenvalue weighted by Gasteiger charge is 2.17. The summed E-state index contributed by atoms with van der Waals surface area (Å²) < 4.78 is 0. The van der Waals surface area contributed by atoms with Gasteiger partial charge in [0.15, 0.2) is 0 Å². The van der Waals surface area contributed by atoms with Crippen molar-refractivity contribution in [2.45, 2.75) is 30.5 Å². The Balaban J connectivity index is 2.07. The maximum Gasteiger partial charge on any atom is 0.316 e. The Morgan fingerprint density at radius 1 is 1.41 bits per heavy atom. The summed E-state index contributed by atoms with van der Waals surface area (Å²) in [6.07, 6.45) is 1.74. The van der Waals surface area contributed by atoms with Crippen molar-refractivity contribution in [1.29, 1.82) is 0 Å². The Bertz CT molecular complexity index is 685. The quantitative estimate of drug-likeness (QED) is 0.793. The lowest BCUT2D eigenvalue weighted by Gasteiger charge is -2.11. The number of amides is 1. The monoisotopic (exact) mass is 336 g/mol. The van der Waals surface area contributed by atoms with Gasteiger partial charge in [-0.05, 0) is 26.0 Å². The van der Waals surface area contributed by atoms with Crippen LogP contribution in [0.4, 0.5) is 0 Å². The fourth-order valence-corrected chi connectivity index (χ4v) is 3.41. The number of aliphatic carboxylic acids is 1. The second-order valence-electron chi connectivity index (χ2n) is 4.62. The van der Waals surface area contributed by atoms with Crippen molar-refractivity contribution >= 4 is 35.0 Å². The second kappa shape index (κ2) is 7.42. The van der Waals surface area contributed by atoms with Crippen LogP contribution in [-0.2, 0) is 11.3 Å². The molecule has 0 saturated heterocycles. The largest absolute Gasteiger partial charge is 0.480 e. The topological polar surface area (TPSA) is 79.3 Å². The molecule has 5 nitrogen and oxygen atoms in total. The number of benzene rings is 1. The lowest BCUT2D eigenvalue weighted by atomic mass is 10.2. The third-order valence-corrected chi connectivity index (χ3v) is 4.95. The minimum atomic E-state index is -0.902. The minimum absolute atomic E-state index is 0.216. The Morgan fingerprint density at radius 2 is 2.14 bits per heavy atom. The molecule has 0 aliphatic rings. The first-order valence-corrected chi connectivity index (χ1v) is 8.35. The fourth-order valence-electron chi connectivity index (χ4n) is 1.75. The molecule has 0 bridgehead atoms. The minimum Gasteiger partial charge on any atom is -0.480 e. The van der Waals surface area contributed by atoms with Crippen LogP contribution in [0.1, 0.15) is 27.2 Å². The molecule has 1 amide bonds. The molecule has 1 atom stereocenters. The summed E-state index contributed by atoms with van der Waals surface area (Å²) in [6.45, 7) is 3.93. The van der Waals surface area contributed by atoms with Crippen LogP contribution in [0, 0.1) is 6.92 Å². The van der Waals surface area contributed by atoms with Crippen molar-refractivity contribution in [2.24, 2.45) is 0 Å². The van der Waals surface area contributed by atoms with E-state index in [1.165, 1.54) is 11.3 Å².